The maximum Gasteiger partial charge on any atom is 0.306 e. The van der Waals surface area contributed by atoms with Crippen molar-refractivity contribution in [3.63, 3.8) is 0 Å². The summed E-state index contributed by atoms with van der Waals surface area (Å²) >= 11 is 1.54. The summed E-state index contributed by atoms with van der Waals surface area (Å²) in [4.78, 5) is 50.5. The van der Waals surface area contributed by atoms with Crippen molar-refractivity contribution in [2.75, 3.05) is 0 Å². The molecule has 7 nitrogen and oxygen atoms in total. The van der Waals surface area contributed by atoms with E-state index in [9.17, 15) is 19.2 Å². The molecule has 0 fully saturated rings. The Balaban J connectivity index is 1.66. The van der Waals surface area contributed by atoms with Crippen LogP contribution < -0.4 is 5.73 Å². The summed E-state index contributed by atoms with van der Waals surface area (Å²) < 4.78 is 5.30. The highest BCUT2D eigenvalue weighted by atomic mass is 32.1. The smallest absolute Gasteiger partial charge is 0.306 e. The molecule has 1 atom stereocenters. The van der Waals surface area contributed by atoms with Crippen LogP contribution in [0, 0.1) is 0 Å². The minimum absolute atomic E-state index is 0.00510. The zero-order valence-electron chi connectivity index (χ0n) is 18.6. The first-order chi connectivity index (χ1) is 15.1. The van der Waals surface area contributed by atoms with E-state index in [0.717, 1.165) is 35.1 Å². The molecule has 1 aromatic heterocycles. The molecule has 0 spiro atoms. The van der Waals surface area contributed by atoms with Gasteiger partial charge in [-0.15, -0.1) is 11.3 Å². The Hall–Kier alpha value is -3.00. The van der Waals surface area contributed by atoms with Gasteiger partial charge in [-0.1, -0.05) is 24.3 Å². The maximum absolute atomic E-state index is 12.9. The van der Waals surface area contributed by atoms with Gasteiger partial charge in [0.1, 0.15) is 17.9 Å². The van der Waals surface area contributed by atoms with Crippen LogP contribution in [0.4, 0.5) is 0 Å². The van der Waals surface area contributed by atoms with Crippen LogP contribution in [0.5, 0.6) is 0 Å². The number of benzene rings is 1. The Kier molecular flexibility index (Phi) is 7.13. The number of hydrogen-bond acceptors (Lipinski definition) is 6. The number of aryl methyl sites for hydroxylation is 2. The van der Waals surface area contributed by atoms with E-state index in [1.165, 1.54) is 16.2 Å². The predicted molar refractivity (Wildman–Crippen MR) is 121 cm³/mol. The van der Waals surface area contributed by atoms with Gasteiger partial charge in [0.15, 0.2) is 0 Å². The summed E-state index contributed by atoms with van der Waals surface area (Å²) in [6.07, 6.45) is 2.47. The van der Waals surface area contributed by atoms with Gasteiger partial charge in [0.25, 0.3) is 5.91 Å². The SMILES string of the molecule is CC(C)(C)OC(=O)CC[C@@H](C(N)=O)N1Cc2c(csc2CCc2ccc(C=O)cc2)C1=O. The van der Waals surface area contributed by atoms with Crippen molar-refractivity contribution in [1.29, 1.82) is 0 Å². The molecule has 2 aromatic rings. The number of esters is 1. The highest BCUT2D eigenvalue weighted by molar-refractivity contribution is 7.10. The summed E-state index contributed by atoms with van der Waals surface area (Å²) in [5.41, 5.74) is 8.23. The van der Waals surface area contributed by atoms with Crippen molar-refractivity contribution in [2.24, 2.45) is 5.73 Å². The number of primary amides is 1. The van der Waals surface area contributed by atoms with Crippen molar-refractivity contribution in [3.8, 4) is 0 Å². The largest absolute Gasteiger partial charge is 0.460 e. The highest BCUT2D eigenvalue weighted by Crippen LogP contribution is 2.34. The van der Waals surface area contributed by atoms with Crippen molar-refractivity contribution < 1.29 is 23.9 Å². The number of nitrogens with two attached hydrogens (primary N) is 1. The molecule has 0 saturated carbocycles. The van der Waals surface area contributed by atoms with E-state index in [4.69, 9.17) is 10.5 Å². The van der Waals surface area contributed by atoms with Gasteiger partial charge in [-0.05, 0) is 51.2 Å². The van der Waals surface area contributed by atoms with E-state index in [0.29, 0.717) is 17.7 Å². The number of hydrogen-bond donors (Lipinski definition) is 1. The molecule has 1 aliphatic heterocycles. The fourth-order valence-corrected chi connectivity index (χ4v) is 4.79. The Morgan fingerprint density at radius 3 is 2.50 bits per heavy atom. The van der Waals surface area contributed by atoms with Gasteiger partial charge in [0.2, 0.25) is 5.91 Å². The number of aldehydes is 1. The molecule has 170 valence electrons. The van der Waals surface area contributed by atoms with Crippen LogP contribution in [0.25, 0.3) is 0 Å². The number of carbonyl (C=O) groups is 4. The van der Waals surface area contributed by atoms with Crippen LogP contribution in [0.15, 0.2) is 29.6 Å². The predicted octanol–water partition coefficient (Wildman–Crippen LogP) is 3.28. The lowest BCUT2D eigenvalue weighted by Crippen LogP contribution is -2.45. The summed E-state index contributed by atoms with van der Waals surface area (Å²) in [5.74, 6) is -1.29. The Bertz CT molecular complexity index is 1020. The summed E-state index contributed by atoms with van der Waals surface area (Å²) in [7, 11) is 0. The molecule has 8 heteroatoms. The van der Waals surface area contributed by atoms with Crippen LogP contribution >= 0.6 is 11.3 Å². The van der Waals surface area contributed by atoms with Gasteiger partial charge >= 0.3 is 5.97 Å². The molecular weight excluding hydrogens is 428 g/mol. The fourth-order valence-electron chi connectivity index (χ4n) is 3.75. The molecule has 2 amide bonds. The summed E-state index contributed by atoms with van der Waals surface area (Å²) in [5, 5.41) is 1.83. The Labute approximate surface area is 191 Å². The number of amides is 2. The minimum atomic E-state index is -0.865. The Morgan fingerprint density at radius 1 is 1.22 bits per heavy atom. The van der Waals surface area contributed by atoms with E-state index in [1.54, 1.807) is 32.9 Å². The average Bonchev–Trinajstić information content (AvgIpc) is 3.26. The highest BCUT2D eigenvalue weighted by Gasteiger charge is 2.37. The van der Waals surface area contributed by atoms with Crippen molar-refractivity contribution in [2.45, 2.75) is 64.6 Å². The second-order valence-corrected chi connectivity index (χ2v) is 9.85. The molecule has 1 aromatic carbocycles. The van der Waals surface area contributed by atoms with E-state index < -0.39 is 23.5 Å². The molecular formula is C24H28N2O5S. The Morgan fingerprint density at radius 2 is 1.91 bits per heavy atom. The average molecular weight is 457 g/mol. The summed E-state index contributed by atoms with van der Waals surface area (Å²) in [6, 6.07) is 6.56. The summed E-state index contributed by atoms with van der Waals surface area (Å²) in [6.45, 7) is 5.63. The molecule has 0 unspecified atom stereocenters. The molecule has 0 saturated heterocycles. The van der Waals surface area contributed by atoms with Gasteiger partial charge in [-0.3, -0.25) is 19.2 Å². The van der Waals surface area contributed by atoms with Crippen molar-refractivity contribution in [1.82, 2.24) is 4.90 Å². The number of carbonyl (C=O) groups excluding carboxylic acids is 4. The molecule has 0 radical (unpaired) electrons. The third kappa shape index (κ3) is 5.62. The molecule has 1 aliphatic rings. The number of rotatable bonds is 9. The first-order valence-electron chi connectivity index (χ1n) is 10.5. The van der Waals surface area contributed by atoms with Crippen LogP contribution in [0.2, 0.25) is 0 Å². The third-order valence-corrected chi connectivity index (χ3v) is 6.39. The number of thiophene rings is 1. The van der Waals surface area contributed by atoms with E-state index in [1.807, 2.05) is 17.5 Å². The maximum atomic E-state index is 12.9. The molecule has 2 N–H and O–H groups in total. The van der Waals surface area contributed by atoms with Gasteiger partial charge < -0.3 is 15.4 Å². The van der Waals surface area contributed by atoms with Crippen molar-refractivity contribution in [3.05, 3.63) is 56.8 Å². The first-order valence-corrected chi connectivity index (χ1v) is 11.4. The van der Waals surface area contributed by atoms with Gasteiger partial charge in [0, 0.05) is 28.8 Å². The zero-order chi connectivity index (χ0) is 23.5. The van der Waals surface area contributed by atoms with Crippen LogP contribution in [-0.2, 0) is 33.7 Å². The van der Waals surface area contributed by atoms with Crippen LogP contribution in [-0.4, -0.2) is 40.6 Å². The van der Waals surface area contributed by atoms with Crippen LogP contribution in [0.3, 0.4) is 0 Å². The normalized spacial score (nSPS) is 14.2. The van der Waals surface area contributed by atoms with E-state index in [2.05, 4.69) is 0 Å². The monoisotopic (exact) mass is 456 g/mol. The lowest BCUT2D eigenvalue weighted by Gasteiger charge is -2.26. The molecule has 0 bridgehead atoms. The molecule has 0 aliphatic carbocycles. The fraction of sp³-hybridized carbons (Fsp3) is 0.417. The quantitative estimate of drug-likeness (QED) is 0.460. The van der Waals surface area contributed by atoms with Gasteiger partial charge in [0.05, 0.1) is 5.56 Å². The molecule has 32 heavy (non-hydrogen) atoms. The van der Waals surface area contributed by atoms with E-state index >= 15 is 0 Å². The lowest BCUT2D eigenvalue weighted by atomic mass is 10.0. The number of nitrogens with zero attached hydrogens (tertiary/aromatic N) is 1. The zero-order valence-corrected chi connectivity index (χ0v) is 19.4. The van der Waals surface area contributed by atoms with Crippen molar-refractivity contribution >= 4 is 35.4 Å². The second kappa shape index (κ2) is 9.65. The number of ether oxygens (including phenoxy) is 1. The third-order valence-electron chi connectivity index (χ3n) is 5.30. The van der Waals surface area contributed by atoms with Crippen LogP contribution in [0.1, 0.15) is 70.3 Å². The standard InChI is InChI=1S/C24H28N2O5S/c1-24(2,3)31-21(28)11-9-19(22(25)29)26-12-17-18(23(26)30)14-32-20(17)10-8-15-4-6-16(13-27)7-5-15/h4-7,13-14,19H,8-12H2,1-3H3,(H2,25,29)/t19-/m0/s1. The van der Waals surface area contributed by atoms with Gasteiger partial charge in [-0.25, -0.2) is 0 Å². The minimum Gasteiger partial charge on any atom is -0.460 e. The molecule has 3 rings (SSSR count). The number of fused-ring (bicyclic) bond motifs is 1. The first kappa shape index (κ1) is 23.7. The topological polar surface area (TPSA) is 107 Å². The second-order valence-electron chi connectivity index (χ2n) is 8.89. The van der Waals surface area contributed by atoms with Gasteiger partial charge in [-0.2, -0.15) is 0 Å². The van der Waals surface area contributed by atoms with E-state index in [-0.39, 0.29) is 18.7 Å². The molecule has 2 heterocycles. The lowest BCUT2D eigenvalue weighted by molar-refractivity contribution is -0.155.